The molecule has 0 saturated carbocycles. The first kappa shape index (κ1) is 11.6. The smallest absolute Gasteiger partial charge is 0.0624 e. The van der Waals surface area contributed by atoms with Gasteiger partial charge in [-0.2, -0.15) is 0 Å². The zero-order valence-electron chi connectivity index (χ0n) is 8.10. The molecule has 0 bridgehead atoms. The molecule has 0 aromatic carbocycles. The molecule has 0 unspecified atom stereocenters. The fourth-order valence-electron chi connectivity index (χ4n) is 0.882. The molecule has 0 heterocycles. The second-order valence-electron chi connectivity index (χ2n) is 2.82. The molecular weight excluding hydrogens is 166 g/mol. The van der Waals surface area contributed by atoms with Crippen LogP contribution in [0.5, 0.6) is 0 Å². The summed E-state index contributed by atoms with van der Waals surface area (Å²) in [6, 6.07) is 0. The molecule has 0 radical (unpaired) electrons. The minimum atomic E-state index is 0.678. The molecule has 12 heavy (non-hydrogen) atoms. The summed E-state index contributed by atoms with van der Waals surface area (Å²) in [6.07, 6.45) is 4.86. The zero-order valence-corrected chi connectivity index (χ0v) is 8.91. The van der Waals surface area contributed by atoms with Gasteiger partial charge in [0, 0.05) is 0 Å². The molecule has 0 aromatic heterocycles. The van der Waals surface area contributed by atoms with Gasteiger partial charge in [0.15, 0.2) is 0 Å². The van der Waals surface area contributed by atoms with Gasteiger partial charge >= 0.3 is 0 Å². The van der Waals surface area contributed by atoms with Crippen LogP contribution in [0.1, 0.15) is 39.5 Å². The van der Waals surface area contributed by atoms with Gasteiger partial charge in [-0.1, -0.05) is 44.2 Å². The van der Waals surface area contributed by atoms with Crippen molar-refractivity contribution >= 4 is 11.8 Å². The second kappa shape index (κ2) is 7.29. The van der Waals surface area contributed by atoms with Crippen molar-refractivity contribution in [3.05, 3.63) is 22.6 Å². The molecule has 0 amide bonds. The van der Waals surface area contributed by atoms with Gasteiger partial charge in [-0.3, -0.25) is 0 Å². The highest BCUT2D eigenvalue weighted by molar-refractivity contribution is 8.05. The quantitative estimate of drug-likeness (QED) is 0.683. The van der Waals surface area contributed by atoms with Crippen LogP contribution in [-0.4, -0.2) is 0 Å². The molecule has 0 aliphatic carbocycles. The lowest BCUT2D eigenvalue weighted by atomic mass is 10.1. The summed E-state index contributed by atoms with van der Waals surface area (Å²) in [5, 5.41) is 2.82. The minimum absolute atomic E-state index is 0.678. The first-order valence-electron chi connectivity index (χ1n) is 4.49. The Morgan fingerprint density at radius 2 is 2.17 bits per heavy atom. The van der Waals surface area contributed by atoms with Crippen molar-refractivity contribution in [3.63, 3.8) is 0 Å². The number of nitrogens with two attached hydrogens (primary N) is 1. The monoisotopic (exact) mass is 185 g/mol. The third kappa shape index (κ3) is 6.35. The van der Waals surface area contributed by atoms with Crippen LogP contribution in [-0.2, 0) is 0 Å². The van der Waals surface area contributed by atoms with Gasteiger partial charge < -0.3 is 5.73 Å². The lowest BCUT2D eigenvalue weighted by molar-refractivity contribution is 0.768. The Bertz CT molecular complexity index is 161. The Balaban J connectivity index is 3.78. The molecule has 0 saturated heterocycles. The van der Waals surface area contributed by atoms with Gasteiger partial charge in [0.2, 0.25) is 0 Å². The van der Waals surface area contributed by atoms with Crippen LogP contribution in [0.25, 0.3) is 0 Å². The highest BCUT2D eigenvalue weighted by atomic mass is 32.2. The van der Waals surface area contributed by atoms with E-state index in [9.17, 15) is 0 Å². The van der Waals surface area contributed by atoms with Crippen molar-refractivity contribution in [2.75, 3.05) is 0 Å². The van der Waals surface area contributed by atoms with E-state index in [0.717, 1.165) is 6.42 Å². The van der Waals surface area contributed by atoms with E-state index in [-0.39, 0.29) is 0 Å². The maximum Gasteiger partial charge on any atom is 0.0624 e. The van der Waals surface area contributed by atoms with Crippen LogP contribution in [0.4, 0.5) is 0 Å². The summed E-state index contributed by atoms with van der Waals surface area (Å²) in [5.74, 6) is 0. The van der Waals surface area contributed by atoms with Gasteiger partial charge in [0.1, 0.15) is 0 Å². The summed E-state index contributed by atoms with van der Waals surface area (Å²) in [6.45, 7) is 8.03. The average Bonchev–Trinajstić information content (AvgIpc) is 2.05. The van der Waals surface area contributed by atoms with Crippen molar-refractivity contribution in [1.82, 2.24) is 0 Å². The number of allylic oxidation sites excluding steroid dienone is 1. The van der Waals surface area contributed by atoms with Gasteiger partial charge in [-0.05, 0) is 24.7 Å². The SMILES string of the molecule is C=C(N)S/C=C(/CC)CCCC. The Hall–Kier alpha value is -0.370. The predicted octanol–water partition coefficient (Wildman–Crippen LogP) is 3.63. The standard InChI is InChI=1S/C10H19NS/c1-4-6-7-10(5-2)8-12-9(3)11/h8H,3-7,11H2,1-2H3/b10-8-. The topological polar surface area (TPSA) is 26.0 Å². The van der Waals surface area contributed by atoms with Crippen LogP contribution in [0.15, 0.2) is 22.6 Å². The van der Waals surface area contributed by atoms with E-state index in [1.807, 2.05) is 0 Å². The Morgan fingerprint density at radius 3 is 2.58 bits per heavy atom. The van der Waals surface area contributed by atoms with Crippen molar-refractivity contribution in [2.24, 2.45) is 5.73 Å². The van der Waals surface area contributed by atoms with Gasteiger partial charge in [0.25, 0.3) is 0 Å². The Kier molecular flexibility index (Phi) is 7.06. The van der Waals surface area contributed by atoms with Gasteiger partial charge in [0.05, 0.1) is 5.03 Å². The molecule has 0 aromatic rings. The zero-order chi connectivity index (χ0) is 9.40. The van der Waals surface area contributed by atoms with E-state index < -0.39 is 0 Å². The van der Waals surface area contributed by atoms with Crippen LogP contribution < -0.4 is 5.73 Å². The molecule has 0 aliphatic heterocycles. The number of hydrogen-bond donors (Lipinski definition) is 1. The second-order valence-corrected chi connectivity index (χ2v) is 3.81. The Morgan fingerprint density at radius 1 is 1.50 bits per heavy atom. The summed E-state index contributed by atoms with van der Waals surface area (Å²) in [5.41, 5.74) is 6.93. The lowest BCUT2D eigenvalue weighted by Crippen LogP contribution is -1.87. The average molecular weight is 185 g/mol. The summed E-state index contributed by atoms with van der Waals surface area (Å²) in [4.78, 5) is 0. The van der Waals surface area contributed by atoms with Crippen LogP contribution in [0.2, 0.25) is 0 Å². The number of rotatable bonds is 6. The first-order valence-corrected chi connectivity index (χ1v) is 5.37. The van der Waals surface area contributed by atoms with Crippen LogP contribution in [0.3, 0.4) is 0 Å². The largest absolute Gasteiger partial charge is 0.394 e. The first-order chi connectivity index (χ1) is 5.70. The van der Waals surface area contributed by atoms with E-state index >= 15 is 0 Å². The molecule has 0 atom stereocenters. The third-order valence-electron chi connectivity index (χ3n) is 1.68. The van der Waals surface area contributed by atoms with Gasteiger partial charge in [-0.15, -0.1) is 0 Å². The van der Waals surface area contributed by atoms with E-state index in [1.165, 1.54) is 36.6 Å². The van der Waals surface area contributed by atoms with Crippen molar-refractivity contribution in [2.45, 2.75) is 39.5 Å². The van der Waals surface area contributed by atoms with Crippen molar-refractivity contribution < 1.29 is 0 Å². The molecule has 0 fully saturated rings. The summed E-state index contributed by atoms with van der Waals surface area (Å²) in [7, 11) is 0. The molecule has 0 rings (SSSR count). The van der Waals surface area contributed by atoms with E-state index in [4.69, 9.17) is 5.73 Å². The molecule has 2 heteroatoms. The van der Waals surface area contributed by atoms with Crippen molar-refractivity contribution in [1.29, 1.82) is 0 Å². The molecule has 2 N–H and O–H groups in total. The van der Waals surface area contributed by atoms with E-state index in [0.29, 0.717) is 5.03 Å². The van der Waals surface area contributed by atoms with Crippen LogP contribution in [0, 0.1) is 0 Å². The van der Waals surface area contributed by atoms with Crippen molar-refractivity contribution in [3.8, 4) is 0 Å². The molecule has 0 spiro atoms. The van der Waals surface area contributed by atoms with Gasteiger partial charge in [-0.25, -0.2) is 0 Å². The predicted molar refractivity (Wildman–Crippen MR) is 58.8 cm³/mol. The maximum absolute atomic E-state index is 5.45. The fraction of sp³-hybridized carbons (Fsp3) is 0.600. The minimum Gasteiger partial charge on any atom is -0.394 e. The third-order valence-corrected chi connectivity index (χ3v) is 2.44. The molecule has 1 nitrogen and oxygen atoms in total. The van der Waals surface area contributed by atoms with Crippen LogP contribution >= 0.6 is 11.8 Å². The summed E-state index contributed by atoms with van der Waals surface area (Å²) < 4.78 is 0. The molecular formula is C10H19NS. The van der Waals surface area contributed by atoms with E-state index in [2.05, 4.69) is 25.8 Å². The number of thioether (sulfide) groups is 1. The highest BCUT2D eigenvalue weighted by Crippen LogP contribution is 2.18. The highest BCUT2D eigenvalue weighted by Gasteiger charge is 1.93. The number of hydrogen-bond acceptors (Lipinski definition) is 2. The number of unbranched alkanes of at least 4 members (excludes halogenated alkanes) is 1. The summed E-state index contributed by atoms with van der Waals surface area (Å²) >= 11 is 1.54. The normalized spacial score (nSPS) is 11.7. The van der Waals surface area contributed by atoms with E-state index in [1.54, 1.807) is 0 Å². The lowest BCUT2D eigenvalue weighted by Gasteiger charge is -2.02. The fourth-order valence-corrected chi connectivity index (χ4v) is 1.48. The maximum atomic E-state index is 5.45. The Labute approximate surface area is 80.1 Å². The molecule has 70 valence electrons. The molecule has 0 aliphatic rings.